The molecule has 1 atom stereocenters. The minimum atomic E-state index is -4.84. The molecule has 0 bridgehead atoms. The van der Waals surface area contributed by atoms with Gasteiger partial charge in [0.1, 0.15) is 0 Å². The summed E-state index contributed by atoms with van der Waals surface area (Å²) in [5, 5.41) is 2.45. The average molecular weight is 482 g/mol. The Balaban J connectivity index is 1.62. The van der Waals surface area contributed by atoms with Crippen LogP contribution < -0.4 is 10.2 Å². The van der Waals surface area contributed by atoms with Crippen molar-refractivity contribution >= 4 is 33.1 Å². The molecule has 1 aliphatic heterocycles. The van der Waals surface area contributed by atoms with Gasteiger partial charge in [-0.2, -0.15) is 8.78 Å². The van der Waals surface area contributed by atoms with Crippen molar-refractivity contribution in [3.8, 4) is 0 Å². The quantitative estimate of drug-likeness (QED) is 0.608. The van der Waals surface area contributed by atoms with Crippen LogP contribution in [0.2, 0.25) is 0 Å². The second-order valence-corrected chi connectivity index (χ2v) is 9.54. The number of ether oxygens (including phenoxy) is 1. The number of sulfone groups is 1. The van der Waals surface area contributed by atoms with Gasteiger partial charge in [-0.1, -0.05) is 12.1 Å². The Bertz CT molecular complexity index is 1110. The average Bonchev–Trinajstić information content (AvgIpc) is 2.80. The Labute approximate surface area is 191 Å². The van der Waals surface area contributed by atoms with Crippen LogP contribution in [0.1, 0.15) is 17.3 Å². The van der Waals surface area contributed by atoms with Gasteiger partial charge in [0, 0.05) is 31.4 Å². The van der Waals surface area contributed by atoms with E-state index in [1.54, 1.807) is 12.1 Å². The first-order valence-electron chi connectivity index (χ1n) is 10.2. The molecule has 33 heavy (non-hydrogen) atoms. The molecule has 1 aliphatic rings. The van der Waals surface area contributed by atoms with Crippen molar-refractivity contribution in [3.63, 3.8) is 0 Å². The van der Waals surface area contributed by atoms with Gasteiger partial charge < -0.3 is 15.0 Å². The number of piperazine rings is 1. The van der Waals surface area contributed by atoms with Crippen molar-refractivity contribution in [2.75, 3.05) is 43.5 Å². The minimum absolute atomic E-state index is 0.00942. The number of nitrogens with one attached hydrogen (secondary N) is 1. The highest BCUT2D eigenvalue weighted by molar-refractivity contribution is 7.91. The zero-order valence-electron chi connectivity index (χ0n) is 18.2. The van der Waals surface area contributed by atoms with E-state index in [2.05, 4.69) is 10.2 Å². The third-order valence-electron chi connectivity index (χ3n) is 5.47. The number of hydrogen-bond acceptors (Lipinski definition) is 7. The fourth-order valence-corrected chi connectivity index (χ4v) is 4.56. The highest BCUT2D eigenvalue weighted by atomic mass is 32.2. The van der Waals surface area contributed by atoms with E-state index in [1.165, 1.54) is 25.3 Å². The van der Waals surface area contributed by atoms with Gasteiger partial charge in [0.2, 0.25) is 15.7 Å². The molecule has 1 fully saturated rings. The number of benzene rings is 2. The highest BCUT2D eigenvalue weighted by Gasteiger charge is 2.30. The Hall–Kier alpha value is -3.05. The van der Waals surface area contributed by atoms with Crippen LogP contribution in [0.5, 0.6) is 0 Å². The largest absolute Gasteiger partial charge is 0.465 e. The van der Waals surface area contributed by atoms with Crippen LogP contribution in [0, 0.1) is 0 Å². The number of halogens is 2. The number of carbonyl (C=O) groups excluding carboxylic acids is 2. The van der Waals surface area contributed by atoms with Crippen molar-refractivity contribution in [2.45, 2.75) is 23.6 Å². The van der Waals surface area contributed by atoms with Crippen molar-refractivity contribution in [3.05, 3.63) is 54.1 Å². The molecule has 1 heterocycles. The Kier molecular flexibility index (Phi) is 7.65. The van der Waals surface area contributed by atoms with Crippen LogP contribution in [-0.4, -0.2) is 70.3 Å². The molecule has 1 N–H and O–H groups in total. The third kappa shape index (κ3) is 5.66. The second kappa shape index (κ2) is 10.3. The molecule has 8 nitrogen and oxygen atoms in total. The van der Waals surface area contributed by atoms with Gasteiger partial charge in [-0.15, -0.1) is 0 Å². The normalized spacial score (nSPS) is 17.1. The zero-order valence-corrected chi connectivity index (χ0v) is 19.0. The number of alkyl halides is 2. The van der Waals surface area contributed by atoms with E-state index in [4.69, 9.17) is 4.74 Å². The molecule has 0 radical (unpaired) electrons. The predicted molar refractivity (Wildman–Crippen MR) is 119 cm³/mol. The van der Waals surface area contributed by atoms with Crippen LogP contribution in [0.3, 0.4) is 0 Å². The topological polar surface area (TPSA) is 96.0 Å². The van der Waals surface area contributed by atoms with Crippen LogP contribution in [-0.2, 0) is 19.4 Å². The number of methoxy groups -OCH3 is 1. The first kappa shape index (κ1) is 24.6. The lowest BCUT2D eigenvalue weighted by molar-refractivity contribution is -0.117. The summed E-state index contributed by atoms with van der Waals surface area (Å²) < 4.78 is 54.4. The maximum absolute atomic E-state index is 13.0. The first-order valence-corrected chi connectivity index (χ1v) is 11.8. The summed E-state index contributed by atoms with van der Waals surface area (Å²) in [7, 11) is -3.52. The Morgan fingerprint density at radius 2 is 1.79 bits per heavy atom. The molecule has 0 saturated carbocycles. The first-order chi connectivity index (χ1) is 15.6. The lowest BCUT2D eigenvalue weighted by atomic mass is 10.1. The maximum atomic E-state index is 13.0. The molecule has 2 aromatic rings. The van der Waals surface area contributed by atoms with E-state index >= 15 is 0 Å². The summed E-state index contributed by atoms with van der Waals surface area (Å²) in [6, 6.07) is 12.2. The molecule has 1 unspecified atom stereocenters. The minimum Gasteiger partial charge on any atom is -0.465 e. The summed E-state index contributed by atoms with van der Waals surface area (Å²) >= 11 is 0. The van der Waals surface area contributed by atoms with Crippen molar-refractivity contribution in [1.29, 1.82) is 0 Å². The van der Waals surface area contributed by atoms with Gasteiger partial charge >= 0.3 is 11.7 Å². The standard InChI is InChI=1S/C22H25F2N3O5S/c1-15-13-27(17-9-7-16(8-10-17)21(29)32-2)12-11-26(15)14-20(28)25-18-5-3-4-6-19(18)33(30,31)22(23)24/h3-10,15,22H,11-14H2,1-2H3,(H,25,28). The van der Waals surface area contributed by atoms with E-state index in [9.17, 15) is 26.8 Å². The molecule has 0 aliphatic carbocycles. The molecule has 1 saturated heterocycles. The van der Waals surface area contributed by atoms with E-state index < -0.39 is 32.4 Å². The number of nitrogens with zero attached hydrogens (tertiary/aromatic N) is 2. The third-order valence-corrected chi connectivity index (χ3v) is 6.91. The Morgan fingerprint density at radius 1 is 1.12 bits per heavy atom. The van der Waals surface area contributed by atoms with E-state index in [1.807, 2.05) is 24.0 Å². The Morgan fingerprint density at radius 3 is 2.39 bits per heavy atom. The number of anilines is 2. The molecule has 0 spiro atoms. The number of esters is 1. The van der Waals surface area contributed by atoms with Crippen LogP contribution in [0.4, 0.5) is 20.2 Å². The van der Waals surface area contributed by atoms with E-state index in [-0.39, 0.29) is 18.3 Å². The lowest BCUT2D eigenvalue weighted by Crippen LogP contribution is -2.53. The van der Waals surface area contributed by atoms with Crippen molar-refractivity contribution in [2.24, 2.45) is 0 Å². The highest BCUT2D eigenvalue weighted by Crippen LogP contribution is 2.26. The molecule has 3 rings (SSSR count). The number of hydrogen-bond donors (Lipinski definition) is 1. The summed E-state index contributed by atoms with van der Waals surface area (Å²) in [6.07, 6.45) is 0. The summed E-state index contributed by atoms with van der Waals surface area (Å²) in [5.74, 6) is -4.48. The fourth-order valence-electron chi connectivity index (χ4n) is 3.68. The number of carbonyl (C=O) groups is 2. The van der Waals surface area contributed by atoms with E-state index in [0.717, 1.165) is 11.8 Å². The van der Waals surface area contributed by atoms with Gasteiger partial charge in [0.25, 0.3) is 0 Å². The van der Waals surface area contributed by atoms with Crippen LogP contribution >= 0.6 is 0 Å². The van der Waals surface area contributed by atoms with E-state index in [0.29, 0.717) is 25.2 Å². The fraction of sp³-hybridized carbons (Fsp3) is 0.364. The summed E-state index contributed by atoms with van der Waals surface area (Å²) in [6.45, 7) is 3.76. The van der Waals surface area contributed by atoms with Gasteiger partial charge in [-0.25, -0.2) is 13.2 Å². The van der Waals surface area contributed by atoms with Gasteiger partial charge in [-0.05, 0) is 43.3 Å². The van der Waals surface area contributed by atoms with Crippen LogP contribution in [0.15, 0.2) is 53.4 Å². The molecule has 0 aromatic heterocycles. The molecular weight excluding hydrogens is 456 g/mol. The van der Waals surface area contributed by atoms with Crippen molar-refractivity contribution in [1.82, 2.24) is 4.90 Å². The number of amides is 1. The lowest BCUT2D eigenvalue weighted by Gasteiger charge is -2.40. The molecular formula is C22H25F2N3O5S. The van der Waals surface area contributed by atoms with Gasteiger partial charge in [-0.3, -0.25) is 9.69 Å². The SMILES string of the molecule is COC(=O)c1ccc(N2CCN(CC(=O)Nc3ccccc3S(=O)(=O)C(F)F)C(C)C2)cc1. The molecule has 1 amide bonds. The van der Waals surface area contributed by atoms with Gasteiger partial charge in [0.05, 0.1) is 29.8 Å². The van der Waals surface area contributed by atoms with Crippen molar-refractivity contribution < 1.29 is 31.5 Å². The number of rotatable bonds is 7. The monoisotopic (exact) mass is 481 g/mol. The van der Waals surface area contributed by atoms with Gasteiger partial charge in [0.15, 0.2) is 0 Å². The van der Waals surface area contributed by atoms with Crippen LogP contribution in [0.25, 0.3) is 0 Å². The molecule has 178 valence electrons. The summed E-state index contributed by atoms with van der Waals surface area (Å²) in [4.78, 5) is 27.6. The predicted octanol–water partition coefficient (Wildman–Crippen LogP) is 2.62. The smallest absolute Gasteiger partial charge is 0.341 e. The second-order valence-electron chi connectivity index (χ2n) is 7.65. The molecule has 11 heteroatoms. The molecule has 2 aromatic carbocycles. The maximum Gasteiger partial charge on any atom is 0.341 e. The number of para-hydroxylation sites is 1. The zero-order chi connectivity index (χ0) is 24.2. The summed E-state index contributed by atoms with van der Waals surface area (Å²) in [5.41, 5.74) is 1.23.